The fourth-order valence-corrected chi connectivity index (χ4v) is 2.60. The van der Waals surface area contributed by atoms with Gasteiger partial charge in [0.15, 0.2) is 5.78 Å². The van der Waals surface area contributed by atoms with Crippen molar-refractivity contribution in [3.05, 3.63) is 53.6 Å². The maximum Gasteiger partial charge on any atom is 0.166 e. The molecule has 2 rings (SSSR count). The number of aliphatic hydroxyl groups is 1. The van der Waals surface area contributed by atoms with Gasteiger partial charge in [-0.2, -0.15) is 0 Å². The Balaban J connectivity index is 1.91. The number of hydrogen-bond donors (Lipinski definition) is 1. The second-order valence-corrected chi connectivity index (χ2v) is 5.91. The monoisotopic (exact) mass is 314 g/mol. The van der Waals surface area contributed by atoms with Gasteiger partial charge >= 0.3 is 0 Å². The first-order chi connectivity index (χ1) is 11.2. The molecule has 1 aliphatic carbocycles. The molecule has 23 heavy (non-hydrogen) atoms. The molecule has 0 amide bonds. The SMILES string of the molecule is CCC(O)CCOc1ccccc1C(=O)CCC1=CC=CCC1. The summed E-state index contributed by atoms with van der Waals surface area (Å²) in [4.78, 5) is 12.5. The normalized spacial score (nSPS) is 15.1. The quantitative estimate of drug-likeness (QED) is 0.684. The van der Waals surface area contributed by atoms with Crippen molar-refractivity contribution >= 4 is 5.78 Å². The number of carbonyl (C=O) groups excluding carboxylic acids is 1. The van der Waals surface area contributed by atoms with Gasteiger partial charge in [-0.1, -0.05) is 42.9 Å². The molecule has 0 aliphatic heterocycles. The molecule has 124 valence electrons. The average Bonchev–Trinajstić information content (AvgIpc) is 2.60. The highest BCUT2D eigenvalue weighted by Gasteiger charge is 2.13. The van der Waals surface area contributed by atoms with E-state index in [0.717, 1.165) is 19.3 Å². The molecule has 0 saturated heterocycles. The van der Waals surface area contributed by atoms with Gasteiger partial charge in [0.05, 0.1) is 18.3 Å². The van der Waals surface area contributed by atoms with Crippen molar-refractivity contribution in [1.82, 2.24) is 0 Å². The molecule has 1 aromatic carbocycles. The van der Waals surface area contributed by atoms with Gasteiger partial charge in [0, 0.05) is 12.8 Å². The molecule has 0 spiro atoms. The van der Waals surface area contributed by atoms with Crippen LogP contribution < -0.4 is 4.74 Å². The van der Waals surface area contributed by atoms with E-state index >= 15 is 0 Å². The number of ether oxygens (including phenoxy) is 1. The Kier molecular flexibility index (Phi) is 7.08. The number of para-hydroxylation sites is 1. The standard InChI is InChI=1S/C20H26O3/c1-2-17(21)14-15-23-20-11-7-6-10-18(20)19(22)13-12-16-8-4-3-5-9-16/h3-4,6-8,10-11,17,21H,2,5,9,12-15H2,1H3. The van der Waals surface area contributed by atoms with Gasteiger partial charge in [0.2, 0.25) is 0 Å². The minimum atomic E-state index is -0.343. The van der Waals surface area contributed by atoms with Crippen LogP contribution in [0.5, 0.6) is 5.75 Å². The summed E-state index contributed by atoms with van der Waals surface area (Å²) in [6, 6.07) is 7.39. The molecule has 0 heterocycles. The zero-order chi connectivity index (χ0) is 16.5. The molecule has 0 saturated carbocycles. The second kappa shape index (κ2) is 9.31. The van der Waals surface area contributed by atoms with E-state index in [9.17, 15) is 9.90 Å². The van der Waals surface area contributed by atoms with E-state index < -0.39 is 0 Å². The number of rotatable bonds is 9. The van der Waals surface area contributed by atoms with Crippen molar-refractivity contribution in [1.29, 1.82) is 0 Å². The lowest BCUT2D eigenvalue weighted by molar-refractivity contribution is 0.0976. The Hall–Kier alpha value is -1.87. The first kappa shape index (κ1) is 17.5. The second-order valence-electron chi connectivity index (χ2n) is 5.91. The van der Waals surface area contributed by atoms with Crippen LogP contribution in [-0.4, -0.2) is 23.6 Å². The van der Waals surface area contributed by atoms with E-state index in [2.05, 4.69) is 18.2 Å². The number of benzene rings is 1. The van der Waals surface area contributed by atoms with Crippen LogP contribution >= 0.6 is 0 Å². The molecular formula is C20H26O3. The predicted molar refractivity (Wildman–Crippen MR) is 92.9 cm³/mol. The summed E-state index contributed by atoms with van der Waals surface area (Å²) >= 11 is 0. The molecule has 0 fully saturated rings. The highest BCUT2D eigenvalue weighted by molar-refractivity contribution is 5.98. The summed E-state index contributed by atoms with van der Waals surface area (Å²) in [7, 11) is 0. The smallest absolute Gasteiger partial charge is 0.166 e. The lowest BCUT2D eigenvalue weighted by Crippen LogP contribution is -2.12. The largest absolute Gasteiger partial charge is 0.493 e. The third-order valence-corrected chi connectivity index (χ3v) is 4.14. The zero-order valence-corrected chi connectivity index (χ0v) is 13.8. The number of allylic oxidation sites excluding steroid dienone is 4. The summed E-state index contributed by atoms with van der Waals surface area (Å²) in [5, 5.41) is 9.58. The topological polar surface area (TPSA) is 46.5 Å². The Bertz CT molecular complexity index is 572. The minimum absolute atomic E-state index is 0.118. The van der Waals surface area contributed by atoms with Crippen molar-refractivity contribution < 1.29 is 14.6 Å². The predicted octanol–water partition coefficient (Wildman–Crippen LogP) is 4.47. The molecule has 1 atom stereocenters. The molecule has 0 radical (unpaired) electrons. The van der Waals surface area contributed by atoms with E-state index in [1.54, 1.807) is 0 Å². The molecule has 0 bridgehead atoms. The van der Waals surface area contributed by atoms with Crippen LogP contribution in [0, 0.1) is 0 Å². The molecule has 0 aromatic heterocycles. The summed E-state index contributed by atoms with van der Waals surface area (Å²) in [5.41, 5.74) is 1.98. The molecular weight excluding hydrogens is 288 g/mol. The summed E-state index contributed by atoms with van der Waals surface area (Å²) in [6.45, 7) is 2.37. The number of aliphatic hydroxyl groups excluding tert-OH is 1. The van der Waals surface area contributed by atoms with Crippen molar-refractivity contribution in [2.24, 2.45) is 0 Å². The van der Waals surface area contributed by atoms with Crippen LogP contribution in [-0.2, 0) is 0 Å². The van der Waals surface area contributed by atoms with Crippen molar-refractivity contribution in [3.8, 4) is 5.75 Å². The third-order valence-electron chi connectivity index (χ3n) is 4.14. The number of Topliss-reactive ketones (excluding diaryl/α,β-unsaturated/α-hetero) is 1. The first-order valence-corrected chi connectivity index (χ1v) is 8.48. The molecule has 3 nitrogen and oxygen atoms in total. The maximum atomic E-state index is 12.5. The Morgan fingerprint density at radius 3 is 2.91 bits per heavy atom. The van der Waals surface area contributed by atoms with Crippen molar-refractivity contribution in [2.75, 3.05) is 6.61 Å². The van der Waals surface area contributed by atoms with Crippen LogP contribution in [0.1, 0.15) is 55.8 Å². The molecule has 3 heteroatoms. The molecule has 1 N–H and O–H groups in total. The summed E-state index contributed by atoms with van der Waals surface area (Å²) in [6.07, 6.45) is 10.7. The van der Waals surface area contributed by atoms with Crippen LogP contribution in [0.25, 0.3) is 0 Å². The Morgan fingerprint density at radius 2 is 2.17 bits per heavy atom. The first-order valence-electron chi connectivity index (χ1n) is 8.48. The van der Waals surface area contributed by atoms with Crippen LogP contribution in [0.3, 0.4) is 0 Å². The Morgan fingerprint density at radius 1 is 1.35 bits per heavy atom. The number of carbonyl (C=O) groups is 1. The van der Waals surface area contributed by atoms with Crippen LogP contribution in [0.15, 0.2) is 48.1 Å². The minimum Gasteiger partial charge on any atom is -0.493 e. The van der Waals surface area contributed by atoms with E-state index in [1.165, 1.54) is 5.57 Å². The van der Waals surface area contributed by atoms with Crippen LogP contribution in [0.2, 0.25) is 0 Å². The number of hydrogen-bond acceptors (Lipinski definition) is 3. The van der Waals surface area contributed by atoms with Gasteiger partial charge in [-0.25, -0.2) is 0 Å². The zero-order valence-electron chi connectivity index (χ0n) is 13.8. The van der Waals surface area contributed by atoms with Gasteiger partial charge < -0.3 is 9.84 Å². The highest BCUT2D eigenvalue weighted by atomic mass is 16.5. The fourth-order valence-electron chi connectivity index (χ4n) is 2.60. The lowest BCUT2D eigenvalue weighted by atomic mass is 9.97. The van der Waals surface area contributed by atoms with Gasteiger partial charge in [0.1, 0.15) is 5.75 Å². The van der Waals surface area contributed by atoms with E-state index in [-0.39, 0.29) is 11.9 Å². The maximum absolute atomic E-state index is 12.5. The van der Waals surface area contributed by atoms with Crippen LogP contribution in [0.4, 0.5) is 0 Å². The van der Waals surface area contributed by atoms with Gasteiger partial charge in [-0.05, 0) is 37.8 Å². The molecule has 1 unspecified atom stereocenters. The van der Waals surface area contributed by atoms with Gasteiger partial charge in [-0.3, -0.25) is 4.79 Å². The van der Waals surface area contributed by atoms with Gasteiger partial charge in [0.25, 0.3) is 0 Å². The third kappa shape index (κ3) is 5.68. The fraction of sp³-hybridized carbons (Fsp3) is 0.450. The number of ketones is 1. The molecule has 1 aromatic rings. The summed E-state index contributed by atoms with van der Waals surface area (Å²) < 4.78 is 5.72. The Labute approximate surface area is 138 Å². The van der Waals surface area contributed by atoms with Gasteiger partial charge in [-0.15, -0.1) is 0 Å². The van der Waals surface area contributed by atoms with E-state index in [4.69, 9.17) is 4.74 Å². The lowest BCUT2D eigenvalue weighted by Gasteiger charge is -2.13. The average molecular weight is 314 g/mol. The van der Waals surface area contributed by atoms with Crippen molar-refractivity contribution in [3.63, 3.8) is 0 Å². The highest BCUT2D eigenvalue weighted by Crippen LogP contribution is 2.23. The molecule has 1 aliphatic rings. The van der Waals surface area contributed by atoms with E-state index in [0.29, 0.717) is 37.2 Å². The van der Waals surface area contributed by atoms with Crippen molar-refractivity contribution in [2.45, 2.75) is 51.6 Å². The van der Waals surface area contributed by atoms with E-state index in [1.807, 2.05) is 31.2 Å². The summed E-state index contributed by atoms with van der Waals surface area (Å²) in [5.74, 6) is 0.741.